The van der Waals surface area contributed by atoms with Gasteiger partial charge < -0.3 is 0 Å². The lowest BCUT2D eigenvalue weighted by Crippen LogP contribution is -2.37. The molecule has 9 heavy (non-hydrogen) atoms. The van der Waals surface area contributed by atoms with Gasteiger partial charge in [-0.1, -0.05) is 12.2 Å². The highest BCUT2D eigenvalue weighted by Gasteiger charge is 2.38. The first-order chi connectivity index (χ1) is 4.11. The maximum Gasteiger partial charge on any atom is 0.407 e. The molecule has 0 aromatic heterocycles. The average molecular weight is 137 g/mol. The summed E-state index contributed by atoms with van der Waals surface area (Å²) in [6.07, 6.45) is -1.52. The summed E-state index contributed by atoms with van der Waals surface area (Å²) in [5.74, 6) is 0. The Morgan fingerprint density at radius 2 is 2.11 bits per heavy atom. The number of alkyl halides is 3. The molecule has 1 unspecified atom stereocenters. The van der Waals surface area contributed by atoms with Crippen LogP contribution in [-0.2, 0) is 0 Å². The van der Waals surface area contributed by atoms with Gasteiger partial charge >= 0.3 is 6.18 Å². The highest BCUT2D eigenvalue weighted by Crippen LogP contribution is 2.22. The van der Waals surface area contributed by atoms with E-state index in [4.69, 9.17) is 0 Å². The second kappa shape index (κ2) is 2.02. The van der Waals surface area contributed by atoms with Gasteiger partial charge in [0.1, 0.15) is 6.04 Å². The van der Waals surface area contributed by atoms with Crippen molar-refractivity contribution in [2.45, 2.75) is 12.2 Å². The molecule has 1 aliphatic rings. The van der Waals surface area contributed by atoms with E-state index in [9.17, 15) is 13.2 Å². The van der Waals surface area contributed by atoms with Crippen molar-refractivity contribution in [2.75, 3.05) is 6.54 Å². The third kappa shape index (κ3) is 1.45. The molecule has 1 nitrogen and oxygen atoms in total. The average Bonchev–Trinajstić information content (AvgIpc) is 2.08. The molecule has 0 saturated carbocycles. The van der Waals surface area contributed by atoms with Gasteiger partial charge in [-0.05, 0) is 0 Å². The molecular weight excluding hydrogens is 131 g/mol. The van der Waals surface area contributed by atoms with Crippen LogP contribution in [0.3, 0.4) is 0 Å². The molecule has 1 N–H and O–H groups in total. The quantitative estimate of drug-likeness (QED) is 0.492. The Labute approximate surface area is 50.6 Å². The zero-order valence-corrected chi connectivity index (χ0v) is 4.57. The molecule has 1 heterocycles. The summed E-state index contributed by atoms with van der Waals surface area (Å²) in [5, 5.41) is 2.26. The number of rotatable bonds is 0. The predicted molar refractivity (Wildman–Crippen MR) is 27.0 cm³/mol. The van der Waals surface area contributed by atoms with Gasteiger partial charge in [-0.15, -0.1) is 0 Å². The van der Waals surface area contributed by atoms with Crippen LogP contribution in [0.25, 0.3) is 0 Å². The summed E-state index contributed by atoms with van der Waals surface area (Å²) >= 11 is 0. The third-order valence-electron chi connectivity index (χ3n) is 1.14. The largest absolute Gasteiger partial charge is 0.407 e. The van der Waals surface area contributed by atoms with Crippen molar-refractivity contribution in [3.63, 3.8) is 0 Å². The zero-order valence-electron chi connectivity index (χ0n) is 4.57. The summed E-state index contributed by atoms with van der Waals surface area (Å²) in [5.41, 5.74) is 0. The van der Waals surface area contributed by atoms with E-state index in [2.05, 4.69) is 5.32 Å². The molecular formula is C5H6F3N. The fourth-order valence-corrected chi connectivity index (χ4v) is 0.692. The molecule has 1 aliphatic heterocycles. The van der Waals surface area contributed by atoms with E-state index in [1.807, 2.05) is 0 Å². The van der Waals surface area contributed by atoms with E-state index >= 15 is 0 Å². The lowest BCUT2D eigenvalue weighted by Gasteiger charge is -2.12. The van der Waals surface area contributed by atoms with Crippen LogP contribution >= 0.6 is 0 Å². The third-order valence-corrected chi connectivity index (χ3v) is 1.14. The predicted octanol–water partition coefficient (Wildman–Crippen LogP) is 1.08. The maximum atomic E-state index is 11.6. The van der Waals surface area contributed by atoms with E-state index in [0.29, 0.717) is 6.54 Å². The van der Waals surface area contributed by atoms with E-state index in [1.165, 1.54) is 6.08 Å². The van der Waals surface area contributed by atoms with Crippen molar-refractivity contribution in [2.24, 2.45) is 0 Å². The first kappa shape index (κ1) is 6.61. The Morgan fingerprint density at radius 1 is 1.44 bits per heavy atom. The molecule has 0 spiro atoms. The summed E-state index contributed by atoms with van der Waals surface area (Å²) in [6, 6.07) is -1.42. The minimum atomic E-state index is -4.12. The Balaban J connectivity index is 2.53. The molecule has 52 valence electrons. The normalized spacial score (nSPS) is 27.2. The van der Waals surface area contributed by atoms with Crippen molar-refractivity contribution in [1.82, 2.24) is 5.32 Å². The van der Waals surface area contributed by atoms with Crippen molar-refractivity contribution >= 4 is 0 Å². The molecule has 0 fully saturated rings. The highest BCUT2D eigenvalue weighted by molar-refractivity contribution is 5.05. The fraction of sp³-hybridized carbons (Fsp3) is 0.600. The number of hydrogen-bond donors (Lipinski definition) is 1. The van der Waals surface area contributed by atoms with Crippen LogP contribution in [0.5, 0.6) is 0 Å². The van der Waals surface area contributed by atoms with Crippen LogP contribution in [0.2, 0.25) is 0 Å². The van der Waals surface area contributed by atoms with E-state index in [-0.39, 0.29) is 0 Å². The van der Waals surface area contributed by atoms with Gasteiger partial charge in [-0.3, -0.25) is 5.32 Å². The molecule has 0 amide bonds. The molecule has 0 saturated heterocycles. The highest BCUT2D eigenvalue weighted by atomic mass is 19.4. The zero-order chi connectivity index (χ0) is 6.91. The van der Waals surface area contributed by atoms with E-state index in [0.717, 1.165) is 6.08 Å². The van der Waals surface area contributed by atoms with Crippen molar-refractivity contribution < 1.29 is 13.2 Å². The standard InChI is InChI=1S/C5H6F3N/c6-5(7,8)4-2-1-3-9-4/h1-2,4,9H,3H2. The Bertz CT molecular complexity index is 127. The topological polar surface area (TPSA) is 12.0 Å². The molecule has 0 radical (unpaired) electrons. The Morgan fingerprint density at radius 3 is 2.33 bits per heavy atom. The first-order valence-corrected chi connectivity index (χ1v) is 2.57. The van der Waals surface area contributed by atoms with Gasteiger partial charge in [-0.2, -0.15) is 13.2 Å². The number of halogens is 3. The molecule has 0 aromatic rings. The molecule has 1 atom stereocenters. The Kier molecular flexibility index (Phi) is 1.48. The molecule has 4 heteroatoms. The van der Waals surface area contributed by atoms with Gasteiger partial charge in [0.15, 0.2) is 0 Å². The van der Waals surface area contributed by atoms with Gasteiger partial charge in [0.05, 0.1) is 0 Å². The molecule has 0 bridgehead atoms. The van der Waals surface area contributed by atoms with Crippen LogP contribution in [0.15, 0.2) is 12.2 Å². The van der Waals surface area contributed by atoms with Gasteiger partial charge in [0.2, 0.25) is 0 Å². The summed E-state index contributed by atoms with van der Waals surface area (Å²) in [6.45, 7) is 0.324. The Hall–Kier alpha value is -0.510. The van der Waals surface area contributed by atoms with Gasteiger partial charge in [0, 0.05) is 6.54 Å². The lowest BCUT2D eigenvalue weighted by atomic mass is 10.3. The molecule has 0 aromatic carbocycles. The van der Waals surface area contributed by atoms with Gasteiger partial charge in [-0.25, -0.2) is 0 Å². The minimum Gasteiger partial charge on any atom is -0.299 e. The van der Waals surface area contributed by atoms with Crippen LogP contribution in [0.1, 0.15) is 0 Å². The van der Waals surface area contributed by atoms with Crippen molar-refractivity contribution in [3.05, 3.63) is 12.2 Å². The lowest BCUT2D eigenvalue weighted by molar-refractivity contribution is -0.142. The van der Waals surface area contributed by atoms with Crippen LogP contribution in [0, 0.1) is 0 Å². The summed E-state index contributed by atoms with van der Waals surface area (Å²) < 4.78 is 34.9. The smallest absolute Gasteiger partial charge is 0.299 e. The van der Waals surface area contributed by atoms with Crippen LogP contribution < -0.4 is 5.32 Å². The van der Waals surface area contributed by atoms with Crippen molar-refractivity contribution in [1.29, 1.82) is 0 Å². The first-order valence-electron chi connectivity index (χ1n) is 2.57. The van der Waals surface area contributed by atoms with Gasteiger partial charge in [0.25, 0.3) is 0 Å². The second-order valence-electron chi connectivity index (χ2n) is 1.86. The fourth-order valence-electron chi connectivity index (χ4n) is 0.692. The summed E-state index contributed by atoms with van der Waals surface area (Å²) in [7, 11) is 0. The minimum absolute atomic E-state index is 0.324. The maximum absolute atomic E-state index is 11.6. The monoisotopic (exact) mass is 137 g/mol. The van der Waals surface area contributed by atoms with E-state index in [1.54, 1.807) is 0 Å². The molecule has 1 rings (SSSR count). The molecule has 0 aliphatic carbocycles. The van der Waals surface area contributed by atoms with Crippen LogP contribution in [0.4, 0.5) is 13.2 Å². The second-order valence-corrected chi connectivity index (χ2v) is 1.86. The number of nitrogens with one attached hydrogen (secondary N) is 1. The van der Waals surface area contributed by atoms with Crippen LogP contribution in [-0.4, -0.2) is 18.8 Å². The SMILES string of the molecule is FC(F)(F)C1C=CCN1. The van der Waals surface area contributed by atoms with E-state index < -0.39 is 12.2 Å². The summed E-state index contributed by atoms with van der Waals surface area (Å²) in [4.78, 5) is 0. The number of hydrogen-bond acceptors (Lipinski definition) is 1. The van der Waals surface area contributed by atoms with Crippen molar-refractivity contribution in [3.8, 4) is 0 Å².